The highest BCUT2D eigenvalue weighted by molar-refractivity contribution is 5.87. The van der Waals surface area contributed by atoms with E-state index in [1.807, 2.05) is 13.8 Å². The van der Waals surface area contributed by atoms with Crippen LogP contribution < -0.4 is 0 Å². The zero-order chi connectivity index (χ0) is 11.1. The van der Waals surface area contributed by atoms with Gasteiger partial charge in [-0.05, 0) is 24.2 Å². The molecule has 2 heteroatoms. The SMILES string of the molecule is CC1(C)CC(=O)CC2CCCC2C(=O)C1. The Labute approximate surface area is 91.4 Å². The molecule has 0 aromatic carbocycles. The number of rotatable bonds is 0. The van der Waals surface area contributed by atoms with Crippen LogP contribution in [0.25, 0.3) is 0 Å². The summed E-state index contributed by atoms with van der Waals surface area (Å²) in [6, 6.07) is 0. The standard InChI is InChI=1S/C13H20O2/c1-13(2)7-10(14)6-9-4-3-5-11(9)12(15)8-13/h9,11H,3-8H2,1-2H3. The number of fused-ring (bicyclic) bond motifs is 1. The maximum absolute atomic E-state index is 12.1. The summed E-state index contributed by atoms with van der Waals surface area (Å²) in [5, 5.41) is 0. The van der Waals surface area contributed by atoms with Crippen molar-refractivity contribution in [3.05, 3.63) is 0 Å². The molecule has 84 valence electrons. The molecule has 2 rings (SSSR count). The lowest BCUT2D eigenvalue weighted by atomic mass is 9.73. The van der Waals surface area contributed by atoms with Crippen molar-refractivity contribution >= 4 is 11.6 Å². The minimum Gasteiger partial charge on any atom is -0.300 e. The zero-order valence-electron chi connectivity index (χ0n) is 9.71. The van der Waals surface area contributed by atoms with Gasteiger partial charge in [-0.15, -0.1) is 0 Å². The Kier molecular flexibility index (Phi) is 2.70. The quantitative estimate of drug-likeness (QED) is 0.613. The van der Waals surface area contributed by atoms with Gasteiger partial charge in [0.2, 0.25) is 0 Å². The highest BCUT2D eigenvalue weighted by atomic mass is 16.1. The Morgan fingerprint density at radius 3 is 2.60 bits per heavy atom. The summed E-state index contributed by atoms with van der Waals surface area (Å²) < 4.78 is 0. The molecule has 0 bridgehead atoms. The predicted octanol–water partition coefficient (Wildman–Crippen LogP) is 2.75. The number of carbonyl (C=O) groups excluding carboxylic acids is 2. The van der Waals surface area contributed by atoms with E-state index in [2.05, 4.69) is 0 Å². The van der Waals surface area contributed by atoms with Gasteiger partial charge in [-0.3, -0.25) is 9.59 Å². The molecular weight excluding hydrogens is 188 g/mol. The van der Waals surface area contributed by atoms with Crippen LogP contribution in [0.4, 0.5) is 0 Å². The average molecular weight is 208 g/mol. The first-order valence-electron chi connectivity index (χ1n) is 6.02. The third kappa shape index (κ3) is 2.30. The van der Waals surface area contributed by atoms with Crippen LogP contribution in [0.2, 0.25) is 0 Å². The summed E-state index contributed by atoms with van der Waals surface area (Å²) in [4.78, 5) is 23.8. The van der Waals surface area contributed by atoms with Crippen molar-refractivity contribution in [1.82, 2.24) is 0 Å². The molecule has 0 saturated heterocycles. The number of carbonyl (C=O) groups is 2. The van der Waals surface area contributed by atoms with Crippen LogP contribution in [0.1, 0.15) is 52.4 Å². The fourth-order valence-electron chi connectivity index (χ4n) is 3.27. The van der Waals surface area contributed by atoms with E-state index in [1.54, 1.807) is 0 Å². The molecule has 2 aliphatic rings. The fourth-order valence-corrected chi connectivity index (χ4v) is 3.27. The first-order valence-corrected chi connectivity index (χ1v) is 6.02. The van der Waals surface area contributed by atoms with Crippen molar-refractivity contribution in [2.75, 3.05) is 0 Å². The Hall–Kier alpha value is -0.660. The largest absolute Gasteiger partial charge is 0.300 e. The van der Waals surface area contributed by atoms with Gasteiger partial charge in [0.15, 0.2) is 0 Å². The van der Waals surface area contributed by atoms with Gasteiger partial charge in [0.05, 0.1) is 0 Å². The maximum atomic E-state index is 12.1. The predicted molar refractivity (Wildman–Crippen MR) is 58.5 cm³/mol. The molecule has 0 heterocycles. The maximum Gasteiger partial charge on any atom is 0.136 e. The van der Waals surface area contributed by atoms with E-state index in [-0.39, 0.29) is 11.3 Å². The Bertz CT molecular complexity index is 291. The first kappa shape index (κ1) is 10.8. The lowest BCUT2D eigenvalue weighted by Gasteiger charge is -2.30. The third-order valence-corrected chi connectivity index (χ3v) is 3.89. The van der Waals surface area contributed by atoms with Gasteiger partial charge < -0.3 is 0 Å². The summed E-state index contributed by atoms with van der Waals surface area (Å²) >= 11 is 0. The van der Waals surface area contributed by atoms with E-state index in [0.717, 1.165) is 19.3 Å². The molecule has 2 fully saturated rings. The van der Waals surface area contributed by atoms with Gasteiger partial charge in [0.25, 0.3) is 0 Å². The lowest BCUT2D eigenvalue weighted by Crippen LogP contribution is -2.31. The molecule has 0 amide bonds. The number of hydrogen-bond acceptors (Lipinski definition) is 2. The van der Waals surface area contributed by atoms with Gasteiger partial charge in [-0.2, -0.15) is 0 Å². The number of Topliss-reactive ketones (excluding diaryl/α,β-unsaturated/α-hetero) is 2. The van der Waals surface area contributed by atoms with Crippen LogP contribution in [-0.2, 0) is 9.59 Å². The smallest absolute Gasteiger partial charge is 0.136 e. The number of ketones is 2. The zero-order valence-corrected chi connectivity index (χ0v) is 9.71. The number of hydrogen-bond donors (Lipinski definition) is 0. The normalized spacial score (nSPS) is 35.9. The molecular formula is C13H20O2. The van der Waals surface area contributed by atoms with E-state index in [9.17, 15) is 9.59 Å². The van der Waals surface area contributed by atoms with Crippen molar-refractivity contribution in [2.45, 2.75) is 52.4 Å². The van der Waals surface area contributed by atoms with Crippen molar-refractivity contribution in [3.8, 4) is 0 Å². The molecule has 0 aromatic rings. The molecule has 2 saturated carbocycles. The van der Waals surface area contributed by atoms with E-state index in [0.29, 0.717) is 36.7 Å². The van der Waals surface area contributed by atoms with Crippen LogP contribution >= 0.6 is 0 Å². The van der Waals surface area contributed by atoms with Crippen LogP contribution in [0.15, 0.2) is 0 Å². The van der Waals surface area contributed by atoms with Crippen LogP contribution in [0.5, 0.6) is 0 Å². The van der Waals surface area contributed by atoms with Gasteiger partial charge >= 0.3 is 0 Å². The van der Waals surface area contributed by atoms with Crippen LogP contribution in [-0.4, -0.2) is 11.6 Å². The molecule has 0 aliphatic heterocycles. The lowest BCUT2D eigenvalue weighted by molar-refractivity contribution is -0.130. The Balaban J connectivity index is 2.18. The van der Waals surface area contributed by atoms with Crippen LogP contribution in [0.3, 0.4) is 0 Å². The van der Waals surface area contributed by atoms with Crippen LogP contribution in [0, 0.1) is 17.3 Å². The molecule has 2 nitrogen and oxygen atoms in total. The highest BCUT2D eigenvalue weighted by Gasteiger charge is 2.39. The van der Waals surface area contributed by atoms with E-state index in [1.165, 1.54) is 0 Å². The summed E-state index contributed by atoms with van der Waals surface area (Å²) in [6.45, 7) is 4.08. The molecule has 2 aliphatic carbocycles. The summed E-state index contributed by atoms with van der Waals surface area (Å²) in [5.41, 5.74) is -0.109. The summed E-state index contributed by atoms with van der Waals surface area (Å²) in [5.74, 6) is 1.36. The van der Waals surface area contributed by atoms with E-state index < -0.39 is 0 Å². The molecule has 2 unspecified atom stereocenters. The Morgan fingerprint density at radius 2 is 1.87 bits per heavy atom. The average Bonchev–Trinajstić information content (AvgIpc) is 2.47. The third-order valence-electron chi connectivity index (χ3n) is 3.89. The molecule has 0 spiro atoms. The highest BCUT2D eigenvalue weighted by Crippen LogP contribution is 2.41. The molecule has 0 radical (unpaired) electrons. The van der Waals surface area contributed by atoms with Gasteiger partial charge in [0.1, 0.15) is 11.6 Å². The fraction of sp³-hybridized carbons (Fsp3) is 0.846. The second kappa shape index (κ2) is 3.73. The Morgan fingerprint density at radius 1 is 1.13 bits per heavy atom. The van der Waals surface area contributed by atoms with Crippen molar-refractivity contribution in [1.29, 1.82) is 0 Å². The first-order chi connectivity index (χ1) is 6.98. The summed E-state index contributed by atoms with van der Waals surface area (Å²) in [7, 11) is 0. The van der Waals surface area contributed by atoms with E-state index in [4.69, 9.17) is 0 Å². The van der Waals surface area contributed by atoms with Gasteiger partial charge in [0, 0.05) is 25.2 Å². The topological polar surface area (TPSA) is 34.1 Å². The van der Waals surface area contributed by atoms with E-state index >= 15 is 0 Å². The van der Waals surface area contributed by atoms with Crippen molar-refractivity contribution < 1.29 is 9.59 Å². The second-order valence-corrected chi connectivity index (χ2v) is 6.02. The second-order valence-electron chi connectivity index (χ2n) is 6.02. The van der Waals surface area contributed by atoms with Gasteiger partial charge in [-0.25, -0.2) is 0 Å². The molecule has 15 heavy (non-hydrogen) atoms. The monoisotopic (exact) mass is 208 g/mol. The molecule has 0 N–H and O–H groups in total. The minimum absolute atomic E-state index is 0.109. The molecule has 2 atom stereocenters. The van der Waals surface area contributed by atoms with Crippen molar-refractivity contribution in [2.24, 2.45) is 17.3 Å². The van der Waals surface area contributed by atoms with Crippen molar-refractivity contribution in [3.63, 3.8) is 0 Å². The minimum atomic E-state index is -0.109. The molecule has 0 aromatic heterocycles. The van der Waals surface area contributed by atoms with Gasteiger partial charge in [-0.1, -0.05) is 20.3 Å². The summed E-state index contributed by atoms with van der Waals surface area (Å²) in [6.07, 6.45) is 5.08.